The van der Waals surface area contributed by atoms with Gasteiger partial charge in [-0.2, -0.15) is 13.7 Å². The van der Waals surface area contributed by atoms with Crippen molar-refractivity contribution >= 4 is 84.8 Å². The highest BCUT2D eigenvalue weighted by atomic mass is 127. The quantitative estimate of drug-likeness (QED) is 0.0769. The topological polar surface area (TPSA) is 169 Å². The molecule has 0 fully saturated rings. The van der Waals surface area contributed by atoms with E-state index in [0.717, 1.165) is 13.3 Å². The summed E-state index contributed by atoms with van der Waals surface area (Å²) in [6.45, 7) is 2.08. The molecule has 3 aromatic heterocycles. The summed E-state index contributed by atoms with van der Waals surface area (Å²) in [7, 11) is 0. The van der Waals surface area contributed by atoms with Gasteiger partial charge in [-0.15, -0.1) is 0 Å². The number of alkyl halides is 3. The molecule has 3 aliphatic rings. The van der Waals surface area contributed by atoms with Crippen LogP contribution in [0.5, 0.6) is 17.6 Å². The van der Waals surface area contributed by atoms with Gasteiger partial charge in [-0.05, 0) is 0 Å². The van der Waals surface area contributed by atoms with Gasteiger partial charge in [-0.1, -0.05) is 67.8 Å². The third-order valence-corrected chi connectivity index (χ3v) is 9.06. The Kier molecular flexibility index (Phi) is 18.9. The van der Waals surface area contributed by atoms with Crippen molar-refractivity contribution in [3.63, 3.8) is 0 Å². The Hall–Kier alpha value is -0.570. The molecule has 3 aliphatic heterocycles. The lowest BCUT2D eigenvalue weighted by Crippen LogP contribution is -3.00. The molecule has 6 heterocycles. The second kappa shape index (κ2) is 20.1. The minimum atomic E-state index is -0.398. The number of fused-ring (bicyclic) bond motifs is 3. The third-order valence-electron chi connectivity index (χ3n) is 6.12. The summed E-state index contributed by atoms with van der Waals surface area (Å²) in [5.74, 6) is 2.12. The summed E-state index contributed by atoms with van der Waals surface area (Å²) in [6.07, 6.45) is 4.96. The van der Waals surface area contributed by atoms with Crippen LogP contribution in [0.1, 0.15) is 0 Å². The van der Waals surface area contributed by atoms with E-state index in [-0.39, 0.29) is 107 Å². The zero-order chi connectivity index (χ0) is 30.4. The molecular formula is C24H24I6N6O9. The highest BCUT2D eigenvalue weighted by Crippen LogP contribution is 2.21. The van der Waals surface area contributed by atoms with Gasteiger partial charge >= 0.3 is 34.7 Å². The van der Waals surface area contributed by atoms with Crippen LogP contribution in [0.4, 0.5) is 17.1 Å². The van der Waals surface area contributed by atoms with Gasteiger partial charge in [-0.25, -0.2) is 0 Å². The lowest BCUT2D eigenvalue weighted by molar-refractivity contribution is -0.684. The predicted octanol–water partition coefficient (Wildman–Crippen LogP) is -5.75. The number of hydrogen-bond donors (Lipinski definition) is 0. The van der Waals surface area contributed by atoms with Crippen LogP contribution in [0.15, 0.2) is 55.0 Å². The number of ether oxygens (including phenoxy) is 3. The Morgan fingerprint density at radius 2 is 0.800 bits per heavy atom. The lowest BCUT2D eigenvalue weighted by atomic mass is 10.4. The standard InChI is InChI=1S/3C8H8IN2O3.3HI/c3*9-3-7-5-10-4-6(11(12)13)1-2-8(10)14-7;;;/h3*1-2,4,7H,3,5H2;3*1H/q3*+1;;;/p-3. The van der Waals surface area contributed by atoms with Crippen molar-refractivity contribution in [2.45, 2.75) is 37.9 Å². The van der Waals surface area contributed by atoms with E-state index >= 15 is 0 Å². The Morgan fingerprint density at radius 1 is 0.556 bits per heavy atom. The summed E-state index contributed by atoms with van der Waals surface area (Å²) in [5.41, 5.74) is 0.310. The molecule has 0 aliphatic carbocycles. The Balaban J connectivity index is 0.000000327. The van der Waals surface area contributed by atoms with Gasteiger partial charge in [0.15, 0.2) is 37.9 Å². The summed E-state index contributed by atoms with van der Waals surface area (Å²) in [4.78, 5) is 30.3. The van der Waals surface area contributed by atoms with E-state index in [0.29, 0.717) is 37.3 Å². The van der Waals surface area contributed by atoms with E-state index in [1.165, 1.54) is 36.8 Å². The molecule has 0 radical (unpaired) electrons. The van der Waals surface area contributed by atoms with Gasteiger partial charge in [0.1, 0.15) is 0 Å². The van der Waals surface area contributed by atoms with Crippen LogP contribution >= 0.6 is 67.8 Å². The second-order valence-corrected chi connectivity index (χ2v) is 11.7. The summed E-state index contributed by atoms with van der Waals surface area (Å²) >= 11 is 6.71. The van der Waals surface area contributed by atoms with E-state index in [2.05, 4.69) is 67.8 Å². The molecule has 0 N–H and O–H groups in total. The van der Waals surface area contributed by atoms with E-state index in [1.54, 1.807) is 31.9 Å². The first-order chi connectivity index (χ1) is 20.1. The fourth-order valence-electron chi connectivity index (χ4n) is 4.15. The molecule has 6 rings (SSSR count). The molecular weight excluding hydrogens is 1280 g/mol. The normalized spacial score (nSPS) is 17.5. The number of halogens is 6. The third kappa shape index (κ3) is 11.5. The SMILES string of the molecule is O=[N+]([O-])c1ccc2[n+](c1)CC(CI)O2.O=[N+]([O-])c1ccc2[n+](c1)CC(CI)O2.O=[N+]([O-])c1ccc2[n+](c1)CC(CI)O2.[I-].[I-].[I-]. The van der Waals surface area contributed by atoms with Gasteiger partial charge in [0, 0.05) is 31.5 Å². The van der Waals surface area contributed by atoms with Crippen LogP contribution < -0.4 is 99.8 Å². The van der Waals surface area contributed by atoms with Crippen molar-refractivity contribution in [1.82, 2.24) is 0 Å². The van der Waals surface area contributed by atoms with Crippen LogP contribution in [0, 0.1) is 30.3 Å². The monoisotopic (exact) mass is 1300 g/mol. The molecule has 0 saturated heterocycles. The molecule has 3 unspecified atom stereocenters. The van der Waals surface area contributed by atoms with Gasteiger partial charge in [0.25, 0.3) is 0 Å². The number of pyridine rings is 3. The molecule has 3 aromatic rings. The molecule has 21 heteroatoms. The van der Waals surface area contributed by atoms with Crippen LogP contribution in [0.3, 0.4) is 0 Å². The predicted molar refractivity (Wildman–Crippen MR) is 170 cm³/mol. The molecule has 246 valence electrons. The number of nitro groups is 3. The number of aromatic nitrogens is 3. The van der Waals surface area contributed by atoms with Gasteiger partial charge in [0.2, 0.25) is 18.6 Å². The molecule has 3 atom stereocenters. The minimum Gasteiger partial charge on any atom is -1.00 e. The van der Waals surface area contributed by atoms with E-state index in [1.807, 2.05) is 0 Å². The molecule has 0 spiro atoms. The average Bonchev–Trinajstić information content (AvgIpc) is 3.71. The van der Waals surface area contributed by atoms with Crippen molar-refractivity contribution < 1.29 is 115 Å². The minimum absolute atomic E-state index is 0. The first-order valence-electron chi connectivity index (χ1n) is 12.3. The Morgan fingerprint density at radius 3 is 1.00 bits per heavy atom. The van der Waals surface area contributed by atoms with Gasteiger partial charge in [0.05, 0.1) is 33.0 Å². The van der Waals surface area contributed by atoms with E-state index in [4.69, 9.17) is 14.2 Å². The van der Waals surface area contributed by atoms with Gasteiger partial charge < -0.3 is 86.1 Å². The highest BCUT2D eigenvalue weighted by Gasteiger charge is 2.33. The molecule has 0 saturated carbocycles. The van der Waals surface area contributed by atoms with E-state index in [9.17, 15) is 30.3 Å². The molecule has 45 heavy (non-hydrogen) atoms. The maximum atomic E-state index is 10.5. The van der Waals surface area contributed by atoms with Crippen LogP contribution in [0.25, 0.3) is 0 Å². The fraction of sp³-hybridized carbons (Fsp3) is 0.375. The maximum Gasteiger partial charge on any atom is 0.368 e. The highest BCUT2D eigenvalue weighted by molar-refractivity contribution is 14.1. The lowest BCUT2D eigenvalue weighted by Gasteiger charge is -1.96. The van der Waals surface area contributed by atoms with Crippen LogP contribution in [-0.2, 0) is 19.6 Å². The zero-order valence-electron chi connectivity index (χ0n) is 22.8. The first-order valence-corrected chi connectivity index (χ1v) is 16.9. The molecule has 15 nitrogen and oxygen atoms in total. The largest absolute Gasteiger partial charge is 1.00 e. The van der Waals surface area contributed by atoms with Crippen LogP contribution in [-0.4, -0.2) is 46.4 Å². The molecule has 0 bridgehead atoms. The Labute approximate surface area is 349 Å². The first kappa shape index (κ1) is 42.5. The summed E-state index contributed by atoms with van der Waals surface area (Å²) in [6, 6.07) is 9.31. The van der Waals surface area contributed by atoms with Crippen molar-refractivity contribution in [3.05, 3.63) is 85.3 Å². The Bertz CT molecular complexity index is 1330. The van der Waals surface area contributed by atoms with Gasteiger partial charge in [-0.3, -0.25) is 30.3 Å². The average molecular weight is 1300 g/mol. The van der Waals surface area contributed by atoms with E-state index < -0.39 is 14.8 Å². The summed E-state index contributed by atoms with van der Waals surface area (Å²) in [5, 5.41) is 31.5. The smallest absolute Gasteiger partial charge is 0.368 e. The summed E-state index contributed by atoms with van der Waals surface area (Å²) < 4.78 is 24.6. The van der Waals surface area contributed by atoms with Crippen molar-refractivity contribution in [2.24, 2.45) is 0 Å². The zero-order valence-corrected chi connectivity index (χ0v) is 35.7. The second-order valence-electron chi connectivity index (χ2n) is 9.09. The fourth-order valence-corrected chi connectivity index (χ4v) is 5.53. The molecule has 0 aromatic carbocycles. The number of hydrogen-bond acceptors (Lipinski definition) is 9. The van der Waals surface area contributed by atoms with Crippen molar-refractivity contribution in [3.8, 4) is 17.6 Å². The van der Waals surface area contributed by atoms with Crippen LogP contribution in [0.2, 0.25) is 0 Å². The van der Waals surface area contributed by atoms with Crippen molar-refractivity contribution in [1.29, 1.82) is 0 Å². The van der Waals surface area contributed by atoms with Crippen molar-refractivity contribution in [2.75, 3.05) is 13.3 Å². The maximum absolute atomic E-state index is 10.5. The number of nitrogens with zero attached hydrogens (tertiary/aromatic N) is 6. The molecule has 0 amide bonds. The number of rotatable bonds is 6.